The first-order chi connectivity index (χ1) is 7.72. The Morgan fingerprint density at radius 2 is 2.31 bits per heavy atom. The lowest BCUT2D eigenvalue weighted by Gasteiger charge is -2.27. The molecule has 0 saturated carbocycles. The molecular formula is C11H13IN2O2. The van der Waals surface area contributed by atoms with Crippen molar-refractivity contribution in [1.29, 1.82) is 0 Å². The van der Waals surface area contributed by atoms with Gasteiger partial charge in [0.2, 0.25) is 0 Å². The fourth-order valence-electron chi connectivity index (χ4n) is 1.79. The summed E-state index contributed by atoms with van der Waals surface area (Å²) >= 11 is 2.09. The largest absolute Gasteiger partial charge is 0.449 e. The van der Waals surface area contributed by atoms with E-state index in [4.69, 9.17) is 4.74 Å². The number of nitrogens with one attached hydrogen (secondary N) is 1. The van der Waals surface area contributed by atoms with Crippen molar-refractivity contribution in [3.63, 3.8) is 0 Å². The number of nitrogens with zero attached hydrogens (tertiary/aromatic N) is 1. The van der Waals surface area contributed by atoms with Crippen LogP contribution in [0.1, 0.15) is 12.0 Å². The van der Waals surface area contributed by atoms with Gasteiger partial charge in [-0.25, -0.2) is 4.79 Å². The highest BCUT2D eigenvalue weighted by Gasteiger charge is 2.22. The van der Waals surface area contributed by atoms with Gasteiger partial charge in [0, 0.05) is 12.2 Å². The van der Waals surface area contributed by atoms with Gasteiger partial charge in [0.25, 0.3) is 0 Å². The van der Waals surface area contributed by atoms with E-state index < -0.39 is 0 Å². The van der Waals surface area contributed by atoms with Crippen molar-refractivity contribution in [2.45, 2.75) is 13.3 Å². The third-order valence-electron chi connectivity index (χ3n) is 2.57. The maximum absolute atomic E-state index is 11.6. The molecule has 0 spiro atoms. The summed E-state index contributed by atoms with van der Waals surface area (Å²) in [6.07, 6.45) is 0.641. The number of carbonyl (C=O) groups is 1. The molecule has 0 bridgehead atoms. The second-order valence-electron chi connectivity index (χ2n) is 3.72. The molecule has 1 aromatic carbocycles. The van der Waals surface area contributed by atoms with E-state index >= 15 is 0 Å². The normalized spacial score (nSPS) is 15.9. The van der Waals surface area contributed by atoms with Gasteiger partial charge in [-0.3, -0.25) is 4.90 Å². The number of amides is 1. The quantitative estimate of drug-likeness (QED) is 0.668. The first-order valence-electron chi connectivity index (χ1n) is 5.14. The first-order valence-corrected chi connectivity index (χ1v) is 6.22. The lowest BCUT2D eigenvalue weighted by molar-refractivity contribution is 0.140. The average Bonchev–Trinajstić information content (AvgIpc) is 2.30. The van der Waals surface area contributed by atoms with E-state index in [2.05, 4.69) is 26.4 Å². The SMILES string of the molecule is Cc1cc(NI)ccc1N1CCCOC1=O. The second kappa shape index (κ2) is 4.90. The van der Waals surface area contributed by atoms with Crippen LogP contribution in [0.25, 0.3) is 0 Å². The van der Waals surface area contributed by atoms with Gasteiger partial charge in [0.05, 0.1) is 35.2 Å². The number of hydrogen-bond acceptors (Lipinski definition) is 3. The first kappa shape index (κ1) is 11.5. The minimum atomic E-state index is -0.246. The molecule has 1 N–H and O–H groups in total. The molecule has 1 saturated heterocycles. The second-order valence-corrected chi connectivity index (χ2v) is 4.25. The molecule has 1 heterocycles. The van der Waals surface area contributed by atoms with Gasteiger partial charge in [0.15, 0.2) is 0 Å². The van der Waals surface area contributed by atoms with Gasteiger partial charge in [-0.2, -0.15) is 0 Å². The molecule has 1 aromatic rings. The maximum Gasteiger partial charge on any atom is 0.414 e. The molecule has 1 fully saturated rings. The Morgan fingerprint density at radius 3 is 2.94 bits per heavy atom. The number of rotatable bonds is 2. The molecule has 0 aliphatic carbocycles. The molecule has 1 amide bonds. The lowest BCUT2D eigenvalue weighted by atomic mass is 10.1. The van der Waals surface area contributed by atoms with Gasteiger partial charge in [-0.05, 0) is 37.1 Å². The summed E-state index contributed by atoms with van der Waals surface area (Å²) in [5.74, 6) is 0. The van der Waals surface area contributed by atoms with Gasteiger partial charge in [-0.1, -0.05) is 0 Å². The zero-order valence-electron chi connectivity index (χ0n) is 9.00. The van der Waals surface area contributed by atoms with Crippen LogP contribution < -0.4 is 8.43 Å². The zero-order valence-corrected chi connectivity index (χ0v) is 11.2. The molecule has 0 atom stereocenters. The minimum Gasteiger partial charge on any atom is -0.449 e. The highest BCUT2D eigenvalue weighted by Crippen LogP contribution is 2.26. The molecule has 4 nitrogen and oxygen atoms in total. The van der Waals surface area contributed by atoms with E-state index in [9.17, 15) is 4.79 Å². The monoisotopic (exact) mass is 332 g/mol. The third-order valence-corrected chi connectivity index (χ3v) is 3.19. The topological polar surface area (TPSA) is 41.6 Å². The molecule has 5 heteroatoms. The van der Waals surface area contributed by atoms with Crippen LogP contribution in [0.15, 0.2) is 18.2 Å². The fourth-order valence-corrected chi connectivity index (χ4v) is 2.12. The number of anilines is 2. The van der Waals surface area contributed by atoms with Crippen molar-refractivity contribution >= 4 is 40.3 Å². The van der Waals surface area contributed by atoms with Crippen LogP contribution in [-0.2, 0) is 4.74 Å². The summed E-state index contributed by atoms with van der Waals surface area (Å²) in [6.45, 7) is 3.26. The van der Waals surface area contributed by atoms with Crippen molar-refractivity contribution < 1.29 is 9.53 Å². The van der Waals surface area contributed by atoms with E-state index in [1.807, 2.05) is 25.1 Å². The standard InChI is InChI=1S/C11H13IN2O2/c1-8-7-9(13-12)3-4-10(8)14-5-2-6-16-11(14)15/h3-4,7,13H,2,5-6H2,1H3. The number of halogens is 1. The van der Waals surface area contributed by atoms with Crippen molar-refractivity contribution in [2.24, 2.45) is 0 Å². The van der Waals surface area contributed by atoms with Crippen LogP contribution >= 0.6 is 22.9 Å². The van der Waals surface area contributed by atoms with Crippen LogP contribution in [-0.4, -0.2) is 19.2 Å². The Labute approximate surface area is 108 Å². The van der Waals surface area contributed by atoms with E-state index in [1.165, 1.54) is 0 Å². The predicted octanol–water partition coefficient (Wildman–Crippen LogP) is 3.10. The Kier molecular flexibility index (Phi) is 3.52. The van der Waals surface area contributed by atoms with Crippen LogP contribution in [0.2, 0.25) is 0 Å². The number of carbonyl (C=O) groups excluding carboxylic acids is 1. The average molecular weight is 332 g/mol. The Bertz CT molecular complexity index is 409. The van der Waals surface area contributed by atoms with E-state index in [1.54, 1.807) is 4.90 Å². The summed E-state index contributed by atoms with van der Waals surface area (Å²) in [5, 5.41) is 0. The maximum atomic E-state index is 11.6. The van der Waals surface area contributed by atoms with Gasteiger partial charge >= 0.3 is 6.09 Å². The van der Waals surface area contributed by atoms with Crippen molar-refractivity contribution in [3.05, 3.63) is 23.8 Å². The van der Waals surface area contributed by atoms with Crippen molar-refractivity contribution in [1.82, 2.24) is 0 Å². The van der Waals surface area contributed by atoms with E-state index in [0.717, 1.165) is 29.9 Å². The number of ether oxygens (including phenoxy) is 1. The van der Waals surface area contributed by atoms with Crippen LogP contribution in [0.4, 0.5) is 16.2 Å². The molecule has 0 radical (unpaired) electrons. The molecule has 1 aliphatic rings. The Balaban J connectivity index is 2.28. The number of benzene rings is 1. The summed E-state index contributed by atoms with van der Waals surface area (Å²) in [4.78, 5) is 13.3. The smallest absolute Gasteiger partial charge is 0.414 e. The van der Waals surface area contributed by atoms with Crippen LogP contribution in [0, 0.1) is 6.92 Å². The van der Waals surface area contributed by atoms with Gasteiger partial charge in [-0.15, -0.1) is 0 Å². The molecule has 16 heavy (non-hydrogen) atoms. The zero-order chi connectivity index (χ0) is 11.5. The number of hydrogen-bond donors (Lipinski definition) is 1. The molecule has 2 rings (SSSR count). The Hall–Kier alpha value is -0.980. The third kappa shape index (κ3) is 2.23. The summed E-state index contributed by atoms with van der Waals surface area (Å²) < 4.78 is 8.07. The van der Waals surface area contributed by atoms with Gasteiger partial charge in [0.1, 0.15) is 0 Å². The highest BCUT2D eigenvalue weighted by molar-refractivity contribution is 14.1. The molecule has 0 unspecified atom stereocenters. The molecule has 1 aliphatic heterocycles. The summed E-state index contributed by atoms with van der Waals surface area (Å²) in [5.41, 5.74) is 3.04. The van der Waals surface area contributed by atoms with Crippen LogP contribution in [0.5, 0.6) is 0 Å². The minimum absolute atomic E-state index is 0.246. The molecule has 0 aromatic heterocycles. The number of aryl methyl sites for hydroxylation is 1. The molecule has 86 valence electrons. The number of cyclic esters (lactones) is 1. The summed E-state index contributed by atoms with van der Waals surface area (Å²) in [7, 11) is 0. The van der Waals surface area contributed by atoms with Crippen molar-refractivity contribution in [3.8, 4) is 0 Å². The van der Waals surface area contributed by atoms with Gasteiger partial charge < -0.3 is 8.27 Å². The lowest BCUT2D eigenvalue weighted by Crippen LogP contribution is -2.38. The summed E-state index contributed by atoms with van der Waals surface area (Å²) in [6, 6.07) is 5.92. The Morgan fingerprint density at radius 1 is 1.50 bits per heavy atom. The molecular weight excluding hydrogens is 319 g/mol. The van der Waals surface area contributed by atoms with E-state index in [-0.39, 0.29) is 6.09 Å². The highest BCUT2D eigenvalue weighted by atomic mass is 127. The fraction of sp³-hybridized carbons (Fsp3) is 0.364. The van der Waals surface area contributed by atoms with Crippen molar-refractivity contribution in [2.75, 3.05) is 21.6 Å². The predicted molar refractivity (Wildman–Crippen MR) is 72.1 cm³/mol. The van der Waals surface area contributed by atoms with Crippen LogP contribution in [0.3, 0.4) is 0 Å². The van der Waals surface area contributed by atoms with E-state index in [0.29, 0.717) is 6.61 Å².